The Kier molecular flexibility index (Phi) is 6.06. The first-order valence-electron chi connectivity index (χ1n) is 7.39. The van der Waals surface area contributed by atoms with Crippen LogP contribution in [0, 0.1) is 5.41 Å². The molecule has 0 atom stereocenters. The number of hydrogen-bond donors (Lipinski definition) is 0. The Morgan fingerprint density at radius 3 is 2.45 bits per heavy atom. The molecule has 1 aliphatic rings. The van der Waals surface area contributed by atoms with Crippen molar-refractivity contribution in [1.29, 1.82) is 0 Å². The molecule has 0 aliphatic heterocycles. The van der Waals surface area contributed by atoms with E-state index in [1.807, 2.05) is 18.2 Å². The van der Waals surface area contributed by atoms with Gasteiger partial charge in [-0.25, -0.2) is 0 Å². The molecule has 0 unspecified atom stereocenters. The minimum Gasteiger partial charge on any atom is -0.878 e. The van der Waals surface area contributed by atoms with E-state index < -0.39 is 0 Å². The lowest BCUT2D eigenvalue weighted by Crippen LogP contribution is -2.19. The molecule has 0 N–H and O–H groups in total. The quantitative estimate of drug-likeness (QED) is 0.530. The molecular formula is C19H27O-. The van der Waals surface area contributed by atoms with Gasteiger partial charge >= 0.3 is 0 Å². The van der Waals surface area contributed by atoms with Crippen LogP contribution in [0.5, 0.6) is 0 Å². The lowest BCUT2D eigenvalue weighted by Gasteiger charge is -2.32. The van der Waals surface area contributed by atoms with E-state index in [0.717, 1.165) is 11.8 Å². The van der Waals surface area contributed by atoms with Gasteiger partial charge in [0.15, 0.2) is 0 Å². The van der Waals surface area contributed by atoms with Crippen molar-refractivity contribution >= 4 is 0 Å². The van der Waals surface area contributed by atoms with Crippen LogP contribution in [0.25, 0.3) is 0 Å². The molecule has 1 heteroatoms. The summed E-state index contributed by atoms with van der Waals surface area (Å²) in [5.41, 5.74) is 5.23. The molecule has 0 fully saturated rings. The van der Waals surface area contributed by atoms with Crippen LogP contribution in [-0.2, 0) is 0 Å². The SMILES string of the molecule is CC1=C(/C=C/C(C)=C/C=C/C(C)=C/[O-])C(C)(C)CCC1. The van der Waals surface area contributed by atoms with Crippen LogP contribution in [0.3, 0.4) is 0 Å². The lowest BCUT2D eigenvalue weighted by molar-refractivity contribution is -0.275. The minimum atomic E-state index is 0.289. The molecule has 0 saturated heterocycles. The van der Waals surface area contributed by atoms with E-state index in [0.29, 0.717) is 0 Å². The van der Waals surface area contributed by atoms with Crippen molar-refractivity contribution in [3.8, 4) is 0 Å². The molecule has 0 aromatic carbocycles. The normalized spacial score (nSPS) is 21.2. The van der Waals surface area contributed by atoms with Crippen molar-refractivity contribution in [2.75, 3.05) is 0 Å². The fraction of sp³-hybridized carbons (Fsp3) is 0.474. The molecule has 0 aromatic rings. The summed E-state index contributed by atoms with van der Waals surface area (Å²) < 4.78 is 0. The van der Waals surface area contributed by atoms with E-state index in [4.69, 9.17) is 0 Å². The third-order valence-corrected chi connectivity index (χ3v) is 3.96. The highest BCUT2D eigenvalue weighted by molar-refractivity contribution is 5.37. The van der Waals surface area contributed by atoms with Gasteiger partial charge < -0.3 is 5.11 Å². The third-order valence-electron chi connectivity index (χ3n) is 3.96. The maximum Gasteiger partial charge on any atom is -0.0104 e. The van der Waals surface area contributed by atoms with Crippen LogP contribution in [0.2, 0.25) is 0 Å². The topological polar surface area (TPSA) is 23.1 Å². The van der Waals surface area contributed by atoms with E-state index in [9.17, 15) is 5.11 Å². The summed E-state index contributed by atoms with van der Waals surface area (Å²) in [6, 6.07) is 0. The zero-order valence-corrected chi connectivity index (χ0v) is 13.5. The molecule has 0 spiro atoms. The van der Waals surface area contributed by atoms with Crippen molar-refractivity contribution in [1.82, 2.24) is 0 Å². The summed E-state index contributed by atoms with van der Waals surface area (Å²) >= 11 is 0. The van der Waals surface area contributed by atoms with E-state index in [2.05, 4.69) is 39.8 Å². The van der Waals surface area contributed by atoms with Gasteiger partial charge in [-0.15, -0.1) is 6.26 Å². The van der Waals surface area contributed by atoms with Gasteiger partial charge in [-0.2, -0.15) is 0 Å². The molecule has 110 valence electrons. The smallest absolute Gasteiger partial charge is 0.0104 e. The average molecular weight is 271 g/mol. The van der Waals surface area contributed by atoms with Crippen LogP contribution in [0.4, 0.5) is 0 Å². The Bertz CT molecular complexity index is 482. The standard InChI is InChI=1S/C19H28O/c1-15(8-6-9-16(2)14-20)11-12-18-17(3)10-7-13-19(18,4)5/h6,8-9,11-12,14,20H,7,10,13H2,1-5H3/p-1/b9-6+,12-11+,15-8+,16-14+. The number of hydrogen-bond acceptors (Lipinski definition) is 1. The maximum absolute atomic E-state index is 10.5. The van der Waals surface area contributed by atoms with Crippen molar-refractivity contribution < 1.29 is 5.11 Å². The fourth-order valence-corrected chi connectivity index (χ4v) is 2.67. The maximum atomic E-state index is 10.5. The molecule has 0 aromatic heterocycles. The first-order chi connectivity index (χ1) is 9.36. The monoisotopic (exact) mass is 271 g/mol. The predicted molar refractivity (Wildman–Crippen MR) is 86.1 cm³/mol. The van der Waals surface area contributed by atoms with Crippen molar-refractivity contribution in [2.24, 2.45) is 5.41 Å². The summed E-state index contributed by atoms with van der Waals surface area (Å²) in [7, 11) is 0. The highest BCUT2D eigenvalue weighted by atomic mass is 16.2. The minimum absolute atomic E-state index is 0.289. The molecule has 0 saturated carbocycles. The Labute approximate surface area is 124 Å². The van der Waals surface area contributed by atoms with E-state index >= 15 is 0 Å². The fourth-order valence-electron chi connectivity index (χ4n) is 2.67. The third kappa shape index (κ3) is 4.88. The van der Waals surface area contributed by atoms with E-state index in [1.165, 1.54) is 36.0 Å². The van der Waals surface area contributed by atoms with E-state index in [-0.39, 0.29) is 5.41 Å². The van der Waals surface area contributed by atoms with Crippen LogP contribution >= 0.6 is 0 Å². The van der Waals surface area contributed by atoms with Gasteiger partial charge in [0, 0.05) is 0 Å². The van der Waals surface area contributed by atoms with Crippen LogP contribution in [-0.4, -0.2) is 0 Å². The largest absolute Gasteiger partial charge is 0.878 e. The first kappa shape index (κ1) is 16.6. The highest BCUT2D eigenvalue weighted by Gasteiger charge is 2.26. The molecule has 0 bridgehead atoms. The second-order valence-corrected chi connectivity index (χ2v) is 6.40. The molecule has 20 heavy (non-hydrogen) atoms. The second kappa shape index (κ2) is 7.33. The Balaban J connectivity index is 2.81. The van der Waals surface area contributed by atoms with Gasteiger partial charge in [0.2, 0.25) is 0 Å². The highest BCUT2D eigenvalue weighted by Crippen LogP contribution is 2.40. The molecular weight excluding hydrogens is 244 g/mol. The molecule has 0 amide bonds. The molecule has 1 aliphatic carbocycles. The van der Waals surface area contributed by atoms with Gasteiger partial charge in [-0.3, -0.25) is 0 Å². The van der Waals surface area contributed by atoms with Crippen LogP contribution in [0.1, 0.15) is 53.9 Å². The number of allylic oxidation sites excluding steroid dienone is 9. The van der Waals surface area contributed by atoms with Crippen molar-refractivity contribution in [3.05, 3.63) is 58.9 Å². The van der Waals surface area contributed by atoms with Crippen LogP contribution < -0.4 is 5.11 Å². The molecule has 0 heterocycles. The average Bonchev–Trinajstić information content (AvgIpc) is 2.37. The summed E-state index contributed by atoms with van der Waals surface area (Å²) in [5, 5.41) is 10.5. The van der Waals surface area contributed by atoms with Gasteiger partial charge in [0.05, 0.1) is 0 Å². The van der Waals surface area contributed by atoms with E-state index in [1.54, 1.807) is 6.92 Å². The summed E-state index contributed by atoms with van der Waals surface area (Å²) in [5.74, 6) is 0. The van der Waals surface area contributed by atoms with Crippen LogP contribution in [0.15, 0.2) is 58.9 Å². The van der Waals surface area contributed by atoms with Gasteiger partial charge in [-0.1, -0.05) is 60.9 Å². The molecule has 1 rings (SSSR count). The summed E-state index contributed by atoms with van der Waals surface area (Å²) in [4.78, 5) is 0. The lowest BCUT2D eigenvalue weighted by atomic mass is 9.72. The van der Waals surface area contributed by atoms with Gasteiger partial charge in [0.1, 0.15) is 0 Å². The zero-order valence-electron chi connectivity index (χ0n) is 13.5. The first-order valence-corrected chi connectivity index (χ1v) is 7.39. The Hall–Kier alpha value is -1.50. The second-order valence-electron chi connectivity index (χ2n) is 6.40. The van der Waals surface area contributed by atoms with Gasteiger partial charge in [-0.05, 0) is 51.0 Å². The Morgan fingerprint density at radius 1 is 1.15 bits per heavy atom. The van der Waals surface area contributed by atoms with Crippen molar-refractivity contribution in [2.45, 2.75) is 53.9 Å². The zero-order chi connectivity index (χ0) is 15.2. The van der Waals surface area contributed by atoms with Crippen molar-refractivity contribution in [3.63, 3.8) is 0 Å². The summed E-state index contributed by atoms with van der Waals surface area (Å²) in [6.45, 7) is 10.8. The Morgan fingerprint density at radius 2 is 1.85 bits per heavy atom. The molecule has 0 radical (unpaired) electrons. The predicted octanol–water partition coefficient (Wildman–Crippen LogP) is 4.84. The van der Waals surface area contributed by atoms with Gasteiger partial charge in [0.25, 0.3) is 0 Å². The number of rotatable bonds is 4. The molecule has 1 nitrogen and oxygen atoms in total. The summed E-state index contributed by atoms with van der Waals surface area (Å²) in [6.07, 6.45) is 14.9.